The third-order valence-corrected chi connectivity index (χ3v) is 6.68. The maximum absolute atomic E-state index is 13.0. The van der Waals surface area contributed by atoms with Gasteiger partial charge in [0.2, 0.25) is 11.8 Å². The Hall–Kier alpha value is -4.38. The summed E-state index contributed by atoms with van der Waals surface area (Å²) in [5.41, 5.74) is 6.71. The molecule has 2 aromatic carbocycles. The molecule has 1 atom stereocenters. The summed E-state index contributed by atoms with van der Waals surface area (Å²) >= 11 is 0. The van der Waals surface area contributed by atoms with E-state index in [1.807, 2.05) is 43.3 Å². The van der Waals surface area contributed by atoms with Gasteiger partial charge in [0.1, 0.15) is 5.75 Å². The molecule has 2 aliphatic rings. The molecule has 3 aromatic rings. The van der Waals surface area contributed by atoms with E-state index in [9.17, 15) is 14.4 Å². The lowest BCUT2D eigenvalue weighted by Crippen LogP contribution is -2.41. The van der Waals surface area contributed by atoms with E-state index in [2.05, 4.69) is 26.3 Å². The number of para-hydroxylation sites is 2. The molecule has 1 unspecified atom stereocenters. The van der Waals surface area contributed by atoms with Crippen LogP contribution in [0.1, 0.15) is 42.5 Å². The van der Waals surface area contributed by atoms with Gasteiger partial charge in [-0.05, 0) is 43.2 Å². The Kier molecular flexibility index (Phi) is 6.78. The van der Waals surface area contributed by atoms with Gasteiger partial charge in [-0.3, -0.25) is 20.1 Å². The number of hydrogen-bond acceptors (Lipinski definition) is 6. The molecule has 11 heteroatoms. The van der Waals surface area contributed by atoms with Crippen LogP contribution in [0.2, 0.25) is 0 Å². The Balaban J connectivity index is 1.17. The number of nitrogens with zero attached hydrogens (tertiary/aromatic N) is 3. The van der Waals surface area contributed by atoms with Crippen molar-refractivity contribution in [2.24, 2.45) is 0 Å². The van der Waals surface area contributed by atoms with Gasteiger partial charge in [-0.15, -0.1) is 0 Å². The van der Waals surface area contributed by atoms with Crippen LogP contribution in [0.15, 0.2) is 48.5 Å². The normalized spacial score (nSPS) is 15.8. The number of carbonyl (C=O) groups excluding carboxylic acids is 3. The van der Waals surface area contributed by atoms with E-state index in [-0.39, 0.29) is 11.8 Å². The number of aromatic amines is 1. The summed E-state index contributed by atoms with van der Waals surface area (Å²) in [4.78, 5) is 39.3. The van der Waals surface area contributed by atoms with Gasteiger partial charge in [-0.25, -0.2) is 9.80 Å². The maximum atomic E-state index is 13.0. The van der Waals surface area contributed by atoms with Crippen molar-refractivity contribution in [2.45, 2.75) is 38.8 Å². The number of H-pyrrole nitrogens is 1. The fraction of sp³-hybridized carbons (Fsp3) is 0.308. The van der Waals surface area contributed by atoms with E-state index in [1.54, 1.807) is 29.2 Å². The van der Waals surface area contributed by atoms with Crippen LogP contribution in [-0.4, -0.2) is 46.7 Å². The van der Waals surface area contributed by atoms with E-state index in [1.165, 1.54) is 0 Å². The number of anilines is 3. The minimum Gasteiger partial charge on any atom is -0.495 e. The number of nitrogens with one attached hydrogen (secondary N) is 4. The molecule has 192 valence electrons. The van der Waals surface area contributed by atoms with Crippen molar-refractivity contribution in [3.05, 3.63) is 65.4 Å². The quantitative estimate of drug-likeness (QED) is 0.391. The van der Waals surface area contributed by atoms with Gasteiger partial charge < -0.3 is 20.3 Å². The Morgan fingerprint density at radius 1 is 1.08 bits per heavy atom. The number of urea groups is 1. The van der Waals surface area contributed by atoms with Gasteiger partial charge in [-0.2, -0.15) is 5.10 Å². The van der Waals surface area contributed by atoms with E-state index in [0.29, 0.717) is 36.8 Å². The lowest BCUT2D eigenvalue weighted by atomic mass is 10.00. The minimum absolute atomic E-state index is 0.131. The van der Waals surface area contributed by atoms with Gasteiger partial charge in [0.05, 0.1) is 31.0 Å². The standard InChI is InChI=1S/C26H29N7O4/c1-16(17-9-11-18(12-10-17)33-13-5-8-23(33)34)25(35)28-24-19-14-32(15-21(19)29-30-24)31-26(36)27-20-6-3-4-7-22(20)37-2/h3-4,6-7,9-12,16H,5,8,13-15H2,1-2H3,(H2,27,31,36)(H2,28,29,30,35). The maximum Gasteiger partial charge on any atom is 0.333 e. The summed E-state index contributed by atoms with van der Waals surface area (Å²) in [5.74, 6) is 0.525. The fourth-order valence-corrected chi connectivity index (χ4v) is 4.60. The zero-order chi connectivity index (χ0) is 25.9. The first-order valence-corrected chi connectivity index (χ1v) is 12.2. The van der Waals surface area contributed by atoms with Gasteiger partial charge >= 0.3 is 6.03 Å². The molecule has 3 heterocycles. The number of hydrogen-bond donors (Lipinski definition) is 4. The number of hydrazine groups is 1. The predicted octanol–water partition coefficient (Wildman–Crippen LogP) is 3.34. The summed E-state index contributed by atoms with van der Waals surface area (Å²) in [6.07, 6.45) is 1.45. The second kappa shape index (κ2) is 10.3. The summed E-state index contributed by atoms with van der Waals surface area (Å²) in [7, 11) is 1.54. The van der Waals surface area contributed by atoms with E-state index in [0.717, 1.165) is 35.5 Å². The summed E-state index contributed by atoms with van der Waals surface area (Å²) < 4.78 is 5.27. The number of carbonyl (C=O) groups is 3. The number of aromatic nitrogens is 2. The van der Waals surface area contributed by atoms with Gasteiger partial charge in [0, 0.05) is 30.8 Å². The smallest absolute Gasteiger partial charge is 0.333 e. The first-order valence-electron chi connectivity index (χ1n) is 12.2. The average Bonchev–Trinajstić information content (AvgIpc) is 3.61. The first-order chi connectivity index (χ1) is 17.9. The number of amides is 4. The molecular weight excluding hydrogens is 474 g/mol. The highest BCUT2D eigenvalue weighted by Crippen LogP contribution is 2.29. The molecule has 2 aliphatic heterocycles. The molecule has 11 nitrogen and oxygen atoms in total. The van der Waals surface area contributed by atoms with Crippen molar-refractivity contribution in [1.82, 2.24) is 20.6 Å². The lowest BCUT2D eigenvalue weighted by molar-refractivity contribution is -0.118. The van der Waals surface area contributed by atoms with Crippen LogP contribution >= 0.6 is 0 Å². The number of rotatable bonds is 7. The topological polar surface area (TPSA) is 132 Å². The molecule has 1 saturated heterocycles. The third kappa shape index (κ3) is 5.12. The first kappa shape index (κ1) is 24.3. The number of benzene rings is 2. The number of methoxy groups -OCH3 is 1. The highest BCUT2D eigenvalue weighted by atomic mass is 16.5. The van der Waals surface area contributed by atoms with E-state index in [4.69, 9.17) is 4.74 Å². The van der Waals surface area contributed by atoms with Crippen molar-refractivity contribution < 1.29 is 19.1 Å². The predicted molar refractivity (Wildman–Crippen MR) is 138 cm³/mol. The molecule has 1 fully saturated rings. The molecule has 0 bridgehead atoms. The third-order valence-electron chi connectivity index (χ3n) is 6.68. The van der Waals surface area contributed by atoms with Gasteiger partial charge in [0.15, 0.2) is 5.82 Å². The summed E-state index contributed by atoms with van der Waals surface area (Å²) in [5, 5.41) is 14.6. The van der Waals surface area contributed by atoms with Crippen molar-refractivity contribution in [1.29, 1.82) is 0 Å². The molecule has 4 amide bonds. The summed E-state index contributed by atoms with van der Waals surface area (Å²) in [6.45, 7) is 3.36. The molecule has 1 aromatic heterocycles. The Bertz CT molecular complexity index is 1320. The Labute approximate surface area is 214 Å². The molecule has 0 radical (unpaired) electrons. The highest BCUT2D eigenvalue weighted by Gasteiger charge is 2.28. The second-order valence-corrected chi connectivity index (χ2v) is 9.10. The largest absolute Gasteiger partial charge is 0.495 e. The number of ether oxygens (including phenoxy) is 1. The van der Waals surface area contributed by atoms with Crippen molar-refractivity contribution in [3.8, 4) is 5.75 Å². The Morgan fingerprint density at radius 3 is 2.59 bits per heavy atom. The van der Waals surface area contributed by atoms with Crippen molar-refractivity contribution >= 4 is 35.0 Å². The van der Waals surface area contributed by atoms with Crippen LogP contribution in [0.25, 0.3) is 0 Å². The Morgan fingerprint density at radius 2 is 1.86 bits per heavy atom. The fourth-order valence-electron chi connectivity index (χ4n) is 4.60. The van der Waals surface area contributed by atoms with Crippen LogP contribution in [0.3, 0.4) is 0 Å². The van der Waals surface area contributed by atoms with E-state index >= 15 is 0 Å². The van der Waals surface area contributed by atoms with Crippen LogP contribution in [0.4, 0.5) is 22.0 Å². The molecule has 4 N–H and O–H groups in total. The van der Waals surface area contributed by atoms with Crippen LogP contribution < -0.4 is 25.7 Å². The molecule has 0 saturated carbocycles. The summed E-state index contributed by atoms with van der Waals surface area (Å²) in [6, 6.07) is 14.3. The zero-order valence-corrected chi connectivity index (χ0v) is 20.7. The highest BCUT2D eigenvalue weighted by molar-refractivity contribution is 5.97. The molecule has 37 heavy (non-hydrogen) atoms. The molecule has 0 spiro atoms. The van der Waals surface area contributed by atoms with Crippen molar-refractivity contribution in [2.75, 3.05) is 29.2 Å². The van der Waals surface area contributed by atoms with Crippen molar-refractivity contribution in [3.63, 3.8) is 0 Å². The molecule has 5 rings (SSSR count). The minimum atomic E-state index is -0.419. The lowest BCUT2D eigenvalue weighted by Gasteiger charge is -2.18. The monoisotopic (exact) mass is 503 g/mol. The van der Waals surface area contributed by atoms with Crippen LogP contribution in [0.5, 0.6) is 5.75 Å². The van der Waals surface area contributed by atoms with Gasteiger partial charge in [0.25, 0.3) is 0 Å². The zero-order valence-electron chi connectivity index (χ0n) is 20.7. The number of fused-ring (bicyclic) bond motifs is 1. The SMILES string of the molecule is COc1ccccc1NC(=O)NN1Cc2[nH]nc(NC(=O)C(C)c3ccc(N4CCCC4=O)cc3)c2C1. The second-order valence-electron chi connectivity index (χ2n) is 9.10. The molecule has 0 aliphatic carbocycles. The molecular formula is C26H29N7O4. The van der Waals surface area contributed by atoms with Crippen LogP contribution in [0, 0.1) is 0 Å². The van der Waals surface area contributed by atoms with Gasteiger partial charge in [-0.1, -0.05) is 24.3 Å². The average molecular weight is 504 g/mol. The van der Waals surface area contributed by atoms with E-state index < -0.39 is 11.9 Å². The van der Waals surface area contributed by atoms with Crippen LogP contribution in [-0.2, 0) is 22.7 Å².